The van der Waals surface area contributed by atoms with Crippen LogP contribution in [0.3, 0.4) is 0 Å². The van der Waals surface area contributed by atoms with Gasteiger partial charge in [0.05, 0.1) is 0 Å². The second-order valence-corrected chi connectivity index (χ2v) is 5.85. The van der Waals surface area contributed by atoms with E-state index in [-0.39, 0.29) is 0 Å². The van der Waals surface area contributed by atoms with Gasteiger partial charge < -0.3 is 0 Å². The monoisotopic (exact) mass is 276 g/mol. The van der Waals surface area contributed by atoms with E-state index in [9.17, 15) is 0 Å². The van der Waals surface area contributed by atoms with E-state index in [2.05, 4.69) is 61.6 Å². The molecule has 0 amide bonds. The molecule has 1 atom stereocenters. The van der Waals surface area contributed by atoms with E-state index in [4.69, 9.17) is 0 Å². The Labute approximate surface area is 89.3 Å². The Morgan fingerprint density at radius 2 is 2.08 bits per heavy atom. The fourth-order valence-corrected chi connectivity index (χ4v) is 1.68. The molecule has 1 rings (SSSR count). The van der Waals surface area contributed by atoms with Gasteiger partial charge in [-0.15, -0.1) is 0 Å². The van der Waals surface area contributed by atoms with E-state index >= 15 is 0 Å². The van der Waals surface area contributed by atoms with Crippen molar-refractivity contribution in [2.75, 3.05) is 0 Å². The van der Waals surface area contributed by atoms with Crippen LogP contribution in [0.2, 0.25) is 0 Å². The first-order valence-corrected chi connectivity index (χ1v) is 5.81. The Morgan fingerprint density at radius 3 is 2.50 bits per heavy atom. The lowest BCUT2D eigenvalue weighted by Gasteiger charge is -2.30. The summed E-state index contributed by atoms with van der Waals surface area (Å²) in [6.07, 6.45) is 9.40. The highest BCUT2D eigenvalue weighted by Gasteiger charge is 2.26. The van der Waals surface area contributed by atoms with E-state index in [0.29, 0.717) is 9.34 Å². The standard InChI is InChI=1S/C11H17I/c1-9(12)11(2,3)10-7-5-4-6-8-10/h5,7-9H,4,6H2,1-3H3. The molecule has 0 radical (unpaired) electrons. The number of allylic oxidation sites excluding steroid dienone is 4. The summed E-state index contributed by atoms with van der Waals surface area (Å²) in [7, 11) is 0. The van der Waals surface area contributed by atoms with Crippen LogP contribution in [0.25, 0.3) is 0 Å². The van der Waals surface area contributed by atoms with Gasteiger partial charge in [0.1, 0.15) is 0 Å². The van der Waals surface area contributed by atoms with Crippen molar-refractivity contribution in [3.8, 4) is 0 Å². The Balaban J connectivity index is 2.80. The minimum Gasteiger partial charge on any atom is -0.0839 e. The Kier molecular flexibility index (Phi) is 3.38. The fraction of sp³-hybridized carbons (Fsp3) is 0.636. The third-order valence-electron chi connectivity index (χ3n) is 2.73. The molecular formula is C11H17I. The third kappa shape index (κ3) is 2.12. The minimum absolute atomic E-state index is 0.331. The summed E-state index contributed by atoms with van der Waals surface area (Å²) in [6.45, 7) is 6.93. The van der Waals surface area contributed by atoms with Crippen LogP contribution >= 0.6 is 22.6 Å². The highest BCUT2D eigenvalue weighted by Crippen LogP contribution is 2.37. The van der Waals surface area contributed by atoms with Crippen molar-refractivity contribution < 1.29 is 0 Å². The molecule has 1 aliphatic carbocycles. The quantitative estimate of drug-likeness (QED) is 0.526. The molecule has 0 heterocycles. The maximum Gasteiger partial charge on any atom is 0.0173 e. The Hall–Kier alpha value is 0.210. The van der Waals surface area contributed by atoms with Crippen molar-refractivity contribution in [3.05, 3.63) is 23.8 Å². The maximum absolute atomic E-state index is 2.51. The van der Waals surface area contributed by atoms with Crippen molar-refractivity contribution in [2.45, 2.75) is 37.5 Å². The first-order chi connectivity index (χ1) is 5.55. The van der Waals surface area contributed by atoms with Gasteiger partial charge in [-0.1, -0.05) is 61.6 Å². The van der Waals surface area contributed by atoms with Gasteiger partial charge in [0.2, 0.25) is 0 Å². The largest absolute Gasteiger partial charge is 0.0839 e. The van der Waals surface area contributed by atoms with Crippen LogP contribution in [0.4, 0.5) is 0 Å². The number of hydrogen-bond acceptors (Lipinski definition) is 0. The van der Waals surface area contributed by atoms with Gasteiger partial charge in [-0.2, -0.15) is 0 Å². The van der Waals surface area contributed by atoms with Crippen LogP contribution in [0.5, 0.6) is 0 Å². The van der Waals surface area contributed by atoms with Crippen molar-refractivity contribution in [1.29, 1.82) is 0 Å². The van der Waals surface area contributed by atoms with E-state index in [1.807, 2.05) is 0 Å². The predicted octanol–water partition coefficient (Wildman–Crippen LogP) is 4.11. The van der Waals surface area contributed by atoms with Gasteiger partial charge in [-0.3, -0.25) is 0 Å². The first-order valence-electron chi connectivity index (χ1n) is 4.56. The van der Waals surface area contributed by atoms with E-state index in [1.54, 1.807) is 0 Å². The molecule has 0 nitrogen and oxygen atoms in total. The van der Waals surface area contributed by atoms with Crippen LogP contribution in [0.15, 0.2) is 23.8 Å². The zero-order valence-corrected chi connectivity index (χ0v) is 10.3. The molecule has 0 bridgehead atoms. The molecule has 0 N–H and O–H groups in total. The average Bonchev–Trinajstić information content (AvgIpc) is 2.06. The van der Waals surface area contributed by atoms with Gasteiger partial charge >= 0.3 is 0 Å². The molecule has 12 heavy (non-hydrogen) atoms. The summed E-state index contributed by atoms with van der Waals surface area (Å²) in [4.78, 5) is 0. The van der Waals surface area contributed by atoms with Gasteiger partial charge in [-0.05, 0) is 18.4 Å². The van der Waals surface area contributed by atoms with Gasteiger partial charge in [0.25, 0.3) is 0 Å². The average molecular weight is 276 g/mol. The zero-order chi connectivity index (χ0) is 9.19. The molecule has 1 aliphatic rings. The maximum atomic E-state index is 2.51. The van der Waals surface area contributed by atoms with Gasteiger partial charge in [0.15, 0.2) is 0 Å². The van der Waals surface area contributed by atoms with Gasteiger partial charge in [0, 0.05) is 9.34 Å². The second-order valence-electron chi connectivity index (χ2n) is 3.98. The molecular weight excluding hydrogens is 259 g/mol. The zero-order valence-electron chi connectivity index (χ0n) is 8.10. The molecule has 0 spiro atoms. The summed E-state index contributed by atoms with van der Waals surface area (Å²) in [6, 6.07) is 0. The summed E-state index contributed by atoms with van der Waals surface area (Å²) < 4.78 is 0.684. The van der Waals surface area contributed by atoms with Crippen LogP contribution in [0.1, 0.15) is 33.6 Å². The Morgan fingerprint density at radius 1 is 1.42 bits per heavy atom. The highest BCUT2D eigenvalue weighted by molar-refractivity contribution is 14.1. The minimum atomic E-state index is 0.331. The molecule has 0 saturated carbocycles. The topological polar surface area (TPSA) is 0 Å². The molecule has 0 fully saturated rings. The molecule has 0 aliphatic heterocycles. The van der Waals surface area contributed by atoms with Crippen molar-refractivity contribution in [3.63, 3.8) is 0 Å². The van der Waals surface area contributed by atoms with Crippen LogP contribution < -0.4 is 0 Å². The summed E-state index contributed by atoms with van der Waals surface area (Å²) in [5, 5.41) is 0. The van der Waals surface area contributed by atoms with Crippen molar-refractivity contribution in [2.24, 2.45) is 5.41 Å². The van der Waals surface area contributed by atoms with E-state index in [1.165, 1.54) is 18.4 Å². The summed E-state index contributed by atoms with van der Waals surface area (Å²) in [5.74, 6) is 0. The van der Waals surface area contributed by atoms with Crippen LogP contribution in [-0.2, 0) is 0 Å². The van der Waals surface area contributed by atoms with Crippen LogP contribution in [0, 0.1) is 5.41 Å². The number of rotatable bonds is 2. The molecule has 68 valence electrons. The lowest BCUT2D eigenvalue weighted by Crippen LogP contribution is -2.23. The summed E-state index contributed by atoms with van der Waals surface area (Å²) >= 11 is 2.51. The fourth-order valence-electron chi connectivity index (χ4n) is 1.32. The van der Waals surface area contributed by atoms with Crippen molar-refractivity contribution in [1.82, 2.24) is 0 Å². The number of alkyl halides is 1. The van der Waals surface area contributed by atoms with Gasteiger partial charge in [-0.25, -0.2) is 0 Å². The molecule has 1 heteroatoms. The molecule has 0 aromatic heterocycles. The number of halogens is 1. The molecule has 0 saturated heterocycles. The highest BCUT2D eigenvalue weighted by atomic mass is 127. The summed E-state index contributed by atoms with van der Waals surface area (Å²) in [5.41, 5.74) is 1.84. The third-order valence-corrected chi connectivity index (χ3v) is 4.29. The first kappa shape index (κ1) is 10.3. The van der Waals surface area contributed by atoms with Crippen molar-refractivity contribution >= 4 is 22.6 Å². The smallest absolute Gasteiger partial charge is 0.0173 e. The molecule has 0 aromatic carbocycles. The van der Waals surface area contributed by atoms with E-state index in [0.717, 1.165) is 0 Å². The number of hydrogen-bond donors (Lipinski definition) is 0. The normalized spacial score (nSPS) is 20.5. The predicted molar refractivity (Wildman–Crippen MR) is 63.7 cm³/mol. The SMILES string of the molecule is CC(I)C(C)(C)C1=CCCC=C1. The molecule has 1 unspecified atom stereocenters. The van der Waals surface area contributed by atoms with Crippen LogP contribution in [-0.4, -0.2) is 3.92 Å². The molecule has 0 aromatic rings. The Bertz CT molecular complexity index is 209. The van der Waals surface area contributed by atoms with E-state index < -0.39 is 0 Å². The second kappa shape index (κ2) is 3.95. The lowest BCUT2D eigenvalue weighted by atomic mass is 9.79. The lowest BCUT2D eigenvalue weighted by molar-refractivity contribution is 0.463.